The average molecular weight is 283 g/mol. The van der Waals surface area contributed by atoms with Crippen LogP contribution in [0.2, 0.25) is 0 Å². The number of piperazine rings is 1. The van der Waals surface area contributed by atoms with E-state index in [0.717, 1.165) is 32.6 Å². The smallest absolute Gasteiger partial charge is 0.317 e. The van der Waals surface area contributed by atoms with E-state index >= 15 is 0 Å². The topological polar surface area (TPSA) is 72.9 Å². The Labute approximate surface area is 120 Å². The summed E-state index contributed by atoms with van der Waals surface area (Å²) in [5, 5.41) is 11.7. The predicted octanol–water partition coefficient (Wildman–Crippen LogP) is 0.977. The minimum atomic E-state index is -0.800. The first-order chi connectivity index (χ1) is 9.60. The highest BCUT2D eigenvalue weighted by Gasteiger charge is 2.32. The molecule has 0 spiro atoms. The summed E-state index contributed by atoms with van der Waals surface area (Å²) in [4.78, 5) is 27.2. The summed E-state index contributed by atoms with van der Waals surface area (Å²) in [6, 6.07) is 0.482. The van der Waals surface area contributed by atoms with Crippen molar-refractivity contribution in [2.24, 2.45) is 5.92 Å². The maximum absolute atomic E-state index is 12.1. The average Bonchev–Trinajstić information content (AvgIpc) is 2.89. The summed E-state index contributed by atoms with van der Waals surface area (Å²) in [7, 11) is 0. The zero-order valence-corrected chi connectivity index (χ0v) is 12.2. The number of carbonyl (C=O) groups is 2. The molecule has 0 aliphatic carbocycles. The molecule has 2 saturated heterocycles. The van der Waals surface area contributed by atoms with Crippen LogP contribution in [-0.2, 0) is 4.79 Å². The van der Waals surface area contributed by atoms with Crippen LogP contribution < -0.4 is 5.32 Å². The standard InChI is InChI=1S/C14H25N3O3/c1-2-11(8-13(18)19)9-15-14(20)17-7-6-16-5-3-4-12(16)10-17/h11-12H,2-10H2,1H3,(H,15,20)(H,18,19). The van der Waals surface area contributed by atoms with Crippen LogP contribution in [0.5, 0.6) is 0 Å². The van der Waals surface area contributed by atoms with Gasteiger partial charge in [0.15, 0.2) is 0 Å². The number of nitrogens with one attached hydrogen (secondary N) is 1. The third-order valence-electron chi connectivity index (χ3n) is 4.46. The summed E-state index contributed by atoms with van der Waals surface area (Å²) in [5.74, 6) is -0.783. The van der Waals surface area contributed by atoms with Gasteiger partial charge in [-0.15, -0.1) is 0 Å². The van der Waals surface area contributed by atoms with Crippen LogP contribution in [0.1, 0.15) is 32.6 Å². The highest BCUT2D eigenvalue weighted by molar-refractivity contribution is 5.74. The zero-order valence-electron chi connectivity index (χ0n) is 12.2. The molecule has 2 aliphatic rings. The molecular formula is C14H25N3O3. The van der Waals surface area contributed by atoms with Gasteiger partial charge in [0.1, 0.15) is 0 Å². The summed E-state index contributed by atoms with van der Waals surface area (Å²) >= 11 is 0. The monoisotopic (exact) mass is 283 g/mol. The van der Waals surface area contributed by atoms with E-state index in [1.165, 1.54) is 12.8 Å². The van der Waals surface area contributed by atoms with Crippen LogP contribution in [0.3, 0.4) is 0 Å². The van der Waals surface area contributed by atoms with Gasteiger partial charge < -0.3 is 15.3 Å². The molecule has 2 N–H and O–H groups in total. The molecule has 2 aliphatic heterocycles. The molecule has 20 heavy (non-hydrogen) atoms. The maximum atomic E-state index is 12.1. The number of amides is 2. The molecule has 2 unspecified atom stereocenters. The number of carboxylic acid groups (broad SMARTS) is 1. The highest BCUT2D eigenvalue weighted by Crippen LogP contribution is 2.21. The summed E-state index contributed by atoms with van der Waals surface area (Å²) in [5.41, 5.74) is 0. The van der Waals surface area contributed by atoms with E-state index < -0.39 is 5.97 Å². The molecule has 0 aromatic heterocycles. The Balaban J connectivity index is 1.75. The SMILES string of the molecule is CCC(CNC(=O)N1CCN2CCCC2C1)CC(=O)O. The molecule has 0 aromatic carbocycles. The van der Waals surface area contributed by atoms with Crippen molar-refractivity contribution in [1.82, 2.24) is 15.1 Å². The Morgan fingerprint density at radius 3 is 2.85 bits per heavy atom. The van der Waals surface area contributed by atoms with Crippen LogP contribution >= 0.6 is 0 Å². The van der Waals surface area contributed by atoms with Crippen molar-refractivity contribution in [1.29, 1.82) is 0 Å². The van der Waals surface area contributed by atoms with Crippen molar-refractivity contribution in [3.05, 3.63) is 0 Å². The lowest BCUT2D eigenvalue weighted by Gasteiger charge is -2.37. The number of hydrogen-bond donors (Lipinski definition) is 2. The molecule has 114 valence electrons. The Morgan fingerprint density at radius 1 is 1.35 bits per heavy atom. The molecule has 2 atom stereocenters. The summed E-state index contributed by atoms with van der Waals surface area (Å²) in [6.07, 6.45) is 3.30. The van der Waals surface area contributed by atoms with Gasteiger partial charge in [0.05, 0.1) is 0 Å². The van der Waals surface area contributed by atoms with Gasteiger partial charge in [-0.1, -0.05) is 13.3 Å². The normalized spacial score (nSPS) is 24.2. The minimum absolute atomic E-state index is 0.0178. The van der Waals surface area contributed by atoms with Crippen molar-refractivity contribution in [2.45, 2.75) is 38.6 Å². The summed E-state index contributed by atoms with van der Waals surface area (Å²) in [6.45, 7) is 6.12. The van der Waals surface area contributed by atoms with Crippen molar-refractivity contribution >= 4 is 12.0 Å². The highest BCUT2D eigenvalue weighted by atomic mass is 16.4. The van der Waals surface area contributed by atoms with Gasteiger partial charge in [0, 0.05) is 38.6 Å². The molecule has 2 heterocycles. The number of carbonyl (C=O) groups excluding carboxylic acids is 1. The van der Waals surface area contributed by atoms with E-state index in [2.05, 4.69) is 10.2 Å². The number of rotatable bonds is 5. The fourth-order valence-electron chi connectivity index (χ4n) is 3.13. The van der Waals surface area contributed by atoms with Gasteiger partial charge in [-0.05, 0) is 25.3 Å². The number of nitrogens with zero attached hydrogens (tertiary/aromatic N) is 2. The Hall–Kier alpha value is -1.30. The molecular weight excluding hydrogens is 258 g/mol. The number of fused-ring (bicyclic) bond motifs is 1. The van der Waals surface area contributed by atoms with Gasteiger partial charge >= 0.3 is 12.0 Å². The van der Waals surface area contributed by atoms with Crippen molar-refractivity contribution in [3.63, 3.8) is 0 Å². The van der Waals surface area contributed by atoms with Gasteiger partial charge in [-0.3, -0.25) is 9.69 Å². The number of carboxylic acids is 1. The Kier molecular flexibility index (Phi) is 5.23. The van der Waals surface area contributed by atoms with E-state index in [4.69, 9.17) is 5.11 Å². The fraction of sp³-hybridized carbons (Fsp3) is 0.857. The van der Waals surface area contributed by atoms with E-state index in [0.29, 0.717) is 12.6 Å². The lowest BCUT2D eigenvalue weighted by atomic mass is 10.0. The molecule has 2 fully saturated rings. The lowest BCUT2D eigenvalue weighted by Crippen LogP contribution is -2.55. The van der Waals surface area contributed by atoms with Crippen LogP contribution in [0, 0.1) is 5.92 Å². The van der Waals surface area contributed by atoms with Crippen molar-refractivity contribution in [3.8, 4) is 0 Å². The second kappa shape index (κ2) is 6.92. The molecule has 0 bridgehead atoms. The van der Waals surface area contributed by atoms with E-state index in [1.807, 2.05) is 11.8 Å². The van der Waals surface area contributed by atoms with E-state index in [-0.39, 0.29) is 18.4 Å². The molecule has 2 rings (SSSR count). The largest absolute Gasteiger partial charge is 0.481 e. The number of urea groups is 1. The molecule has 2 amide bonds. The molecule has 0 saturated carbocycles. The first-order valence-electron chi connectivity index (χ1n) is 7.58. The van der Waals surface area contributed by atoms with E-state index in [9.17, 15) is 9.59 Å². The van der Waals surface area contributed by atoms with Gasteiger partial charge in [-0.25, -0.2) is 4.79 Å². The number of aliphatic carboxylic acids is 1. The summed E-state index contributed by atoms with van der Waals surface area (Å²) < 4.78 is 0. The minimum Gasteiger partial charge on any atom is -0.481 e. The Bertz CT molecular complexity index is 362. The molecule has 6 nitrogen and oxygen atoms in total. The predicted molar refractivity (Wildman–Crippen MR) is 75.6 cm³/mol. The second-order valence-corrected chi connectivity index (χ2v) is 5.84. The van der Waals surface area contributed by atoms with Gasteiger partial charge in [0.25, 0.3) is 0 Å². The van der Waals surface area contributed by atoms with Gasteiger partial charge in [-0.2, -0.15) is 0 Å². The third kappa shape index (κ3) is 3.85. The van der Waals surface area contributed by atoms with Gasteiger partial charge in [0.2, 0.25) is 0 Å². The second-order valence-electron chi connectivity index (χ2n) is 5.84. The molecule has 0 radical (unpaired) electrons. The van der Waals surface area contributed by atoms with Crippen molar-refractivity contribution < 1.29 is 14.7 Å². The number of hydrogen-bond acceptors (Lipinski definition) is 3. The first-order valence-corrected chi connectivity index (χ1v) is 7.58. The Morgan fingerprint density at radius 2 is 2.15 bits per heavy atom. The first kappa shape index (κ1) is 15.1. The van der Waals surface area contributed by atoms with E-state index in [1.54, 1.807) is 0 Å². The lowest BCUT2D eigenvalue weighted by molar-refractivity contribution is -0.138. The zero-order chi connectivity index (χ0) is 14.5. The quantitative estimate of drug-likeness (QED) is 0.789. The van der Waals surface area contributed by atoms with Crippen LogP contribution in [0.25, 0.3) is 0 Å². The van der Waals surface area contributed by atoms with Crippen LogP contribution in [-0.4, -0.2) is 65.7 Å². The maximum Gasteiger partial charge on any atom is 0.317 e. The molecule has 6 heteroatoms. The third-order valence-corrected chi connectivity index (χ3v) is 4.46. The van der Waals surface area contributed by atoms with Crippen molar-refractivity contribution in [2.75, 3.05) is 32.7 Å². The van der Waals surface area contributed by atoms with Crippen LogP contribution in [0.4, 0.5) is 4.79 Å². The molecule has 0 aromatic rings. The van der Waals surface area contributed by atoms with Crippen LogP contribution in [0.15, 0.2) is 0 Å². The fourth-order valence-corrected chi connectivity index (χ4v) is 3.13.